The van der Waals surface area contributed by atoms with Crippen molar-refractivity contribution >= 4 is 39.8 Å². The van der Waals surface area contributed by atoms with Gasteiger partial charge in [0.2, 0.25) is 0 Å². The first-order valence-corrected chi connectivity index (χ1v) is 6.93. The molecule has 0 radical (unpaired) electrons. The van der Waals surface area contributed by atoms with Crippen molar-refractivity contribution in [2.75, 3.05) is 24.6 Å². The number of hydrogen-bond donors (Lipinski definition) is 2. The summed E-state index contributed by atoms with van der Waals surface area (Å²) in [6.45, 7) is 6.69. The standard InChI is InChI=1S/C9H21N3O2S.HI/c1-4-15(13,14)6-5-11-9(10)12-7-8(2)3;/h8H,4-7H2,1-3H3,(H3,10,11,12);1H. The molecule has 98 valence electrons. The van der Waals surface area contributed by atoms with Gasteiger partial charge in [-0.1, -0.05) is 20.8 Å². The van der Waals surface area contributed by atoms with E-state index in [0.29, 0.717) is 25.0 Å². The zero-order valence-electron chi connectivity index (χ0n) is 10.1. The molecule has 5 nitrogen and oxygen atoms in total. The average molecular weight is 363 g/mol. The van der Waals surface area contributed by atoms with Crippen LogP contribution in [0, 0.1) is 5.92 Å². The highest BCUT2D eigenvalue weighted by Crippen LogP contribution is 1.90. The van der Waals surface area contributed by atoms with Crippen LogP contribution in [0.25, 0.3) is 0 Å². The van der Waals surface area contributed by atoms with Crippen molar-refractivity contribution < 1.29 is 8.42 Å². The Hall–Kier alpha value is -0.0500. The number of hydrogen-bond acceptors (Lipinski definition) is 3. The number of rotatable bonds is 6. The third-order valence-electron chi connectivity index (χ3n) is 1.79. The number of aliphatic imine (C=N–C) groups is 1. The van der Waals surface area contributed by atoms with E-state index in [1.54, 1.807) is 6.92 Å². The van der Waals surface area contributed by atoms with Crippen molar-refractivity contribution in [1.82, 2.24) is 5.32 Å². The van der Waals surface area contributed by atoms with Crippen LogP contribution in [0.4, 0.5) is 0 Å². The van der Waals surface area contributed by atoms with E-state index in [4.69, 9.17) is 5.73 Å². The molecule has 3 N–H and O–H groups in total. The van der Waals surface area contributed by atoms with E-state index in [-0.39, 0.29) is 35.5 Å². The van der Waals surface area contributed by atoms with E-state index in [0.717, 1.165) is 0 Å². The molecule has 0 bridgehead atoms. The highest BCUT2D eigenvalue weighted by atomic mass is 127. The summed E-state index contributed by atoms with van der Waals surface area (Å²) in [6, 6.07) is 0. The summed E-state index contributed by atoms with van der Waals surface area (Å²) in [4.78, 5) is 4.06. The minimum Gasteiger partial charge on any atom is -0.370 e. The van der Waals surface area contributed by atoms with Crippen LogP contribution in [-0.4, -0.2) is 39.0 Å². The van der Waals surface area contributed by atoms with Crippen molar-refractivity contribution in [3.8, 4) is 0 Å². The molecule has 0 aliphatic heterocycles. The third-order valence-corrected chi connectivity index (χ3v) is 3.49. The Morgan fingerprint density at radius 2 is 2.00 bits per heavy atom. The van der Waals surface area contributed by atoms with E-state index >= 15 is 0 Å². The molecule has 0 atom stereocenters. The molecule has 0 saturated carbocycles. The molecule has 16 heavy (non-hydrogen) atoms. The fourth-order valence-electron chi connectivity index (χ4n) is 0.816. The van der Waals surface area contributed by atoms with Crippen molar-refractivity contribution in [3.63, 3.8) is 0 Å². The van der Waals surface area contributed by atoms with E-state index in [9.17, 15) is 8.42 Å². The number of nitrogens with two attached hydrogens (primary N) is 1. The van der Waals surface area contributed by atoms with Gasteiger partial charge in [-0.25, -0.2) is 8.42 Å². The fraction of sp³-hybridized carbons (Fsp3) is 0.889. The summed E-state index contributed by atoms with van der Waals surface area (Å²) in [7, 11) is -2.92. The summed E-state index contributed by atoms with van der Waals surface area (Å²) < 4.78 is 22.3. The first kappa shape index (κ1) is 18.3. The van der Waals surface area contributed by atoms with Gasteiger partial charge in [-0.3, -0.25) is 4.99 Å². The summed E-state index contributed by atoms with van der Waals surface area (Å²) >= 11 is 0. The van der Waals surface area contributed by atoms with E-state index in [1.165, 1.54) is 0 Å². The van der Waals surface area contributed by atoms with Crippen LogP contribution in [0.3, 0.4) is 0 Å². The van der Waals surface area contributed by atoms with Gasteiger partial charge >= 0.3 is 0 Å². The first-order valence-electron chi connectivity index (χ1n) is 5.11. The molecule has 0 aromatic heterocycles. The molecule has 0 spiro atoms. The molecule has 0 rings (SSSR count). The molecule has 0 saturated heterocycles. The molecular weight excluding hydrogens is 341 g/mol. The van der Waals surface area contributed by atoms with Gasteiger partial charge in [0.25, 0.3) is 0 Å². The second-order valence-corrected chi connectivity index (χ2v) is 6.26. The zero-order valence-corrected chi connectivity index (χ0v) is 13.2. The van der Waals surface area contributed by atoms with Gasteiger partial charge in [-0.05, 0) is 5.92 Å². The Bertz CT molecular complexity index is 302. The topological polar surface area (TPSA) is 84.5 Å². The highest BCUT2D eigenvalue weighted by molar-refractivity contribution is 14.0. The monoisotopic (exact) mass is 363 g/mol. The Morgan fingerprint density at radius 1 is 1.44 bits per heavy atom. The van der Waals surface area contributed by atoms with Crippen molar-refractivity contribution in [2.24, 2.45) is 16.6 Å². The molecule has 0 aliphatic rings. The maximum absolute atomic E-state index is 11.1. The van der Waals surface area contributed by atoms with Gasteiger partial charge in [-0.2, -0.15) is 0 Å². The molecule has 0 aliphatic carbocycles. The summed E-state index contributed by atoms with van der Waals surface area (Å²) in [6.07, 6.45) is 0. The van der Waals surface area contributed by atoms with Crippen LogP contribution in [0.5, 0.6) is 0 Å². The number of nitrogens with one attached hydrogen (secondary N) is 1. The Kier molecular flexibility index (Phi) is 10.3. The molecule has 0 amide bonds. The van der Waals surface area contributed by atoms with Gasteiger partial charge in [0.1, 0.15) is 0 Å². The van der Waals surface area contributed by atoms with Crippen molar-refractivity contribution in [3.05, 3.63) is 0 Å². The SMILES string of the molecule is CCS(=O)(=O)CCNC(N)=NCC(C)C.I. The largest absolute Gasteiger partial charge is 0.370 e. The number of nitrogens with zero attached hydrogens (tertiary/aromatic N) is 1. The summed E-state index contributed by atoms with van der Waals surface area (Å²) in [5, 5.41) is 2.78. The molecule has 0 fully saturated rings. The quantitative estimate of drug-likeness (QED) is 0.411. The van der Waals surface area contributed by atoms with Gasteiger partial charge in [0, 0.05) is 18.8 Å². The smallest absolute Gasteiger partial charge is 0.188 e. The van der Waals surface area contributed by atoms with Gasteiger partial charge in [0.15, 0.2) is 15.8 Å². The minimum atomic E-state index is -2.92. The maximum Gasteiger partial charge on any atom is 0.188 e. The lowest BCUT2D eigenvalue weighted by Crippen LogP contribution is -2.35. The Morgan fingerprint density at radius 3 is 2.44 bits per heavy atom. The fourth-order valence-corrected chi connectivity index (χ4v) is 1.52. The molecule has 0 aromatic carbocycles. The second kappa shape index (κ2) is 9.03. The van der Waals surface area contributed by atoms with Crippen LogP contribution in [0.1, 0.15) is 20.8 Å². The van der Waals surface area contributed by atoms with Crippen LogP contribution in [0.2, 0.25) is 0 Å². The Balaban J connectivity index is 0. The van der Waals surface area contributed by atoms with Crippen LogP contribution >= 0.6 is 24.0 Å². The predicted octanol–water partition coefficient (Wildman–Crippen LogP) is 0.599. The van der Waals surface area contributed by atoms with Gasteiger partial charge in [-0.15, -0.1) is 24.0 Å². The minimum absolute atomic E-state index is 0. The first-order chi connectivity index (χ1) is 6.87. The van der Waals surface area contributed by atoms with E-state index in [1.807, 2.05) is 13.8 Å². The zero-order chi connectivity index (χ0) is 11.9. The van der Waals surface area contributed by atoms with Crippen LogP contribution in [0.15, 0.2) is 4.99 Å². The van der Waals surface area contributed by atoms with Crippen molar-refractivity contribution in [1.29, 1.82) is 0 Å². The van der Waals surface area contributed by atoms with E-state index in [2.05, 4.69) is 10.3 Å². The lowest BCUT2D eigenvalue weighted by atomic mass is 10.2. The molecule has 0 aromatic rings. The highest BCUT2D eigenvalue weighted by Gasteiger charge is 2.06. The molecule has 0 unspecified atom stereocenters. The summed E-state index contributed by atoms with van der Waals surface area (Å²) in [5.74, 6) is 1.03. The van der Waals surface area contributed by atoms with Crippen molar-refractivity contribution in [2.45, 2.75) is 20.8 Å². The normalized spacial score (nSPS) is 12.4. The lowest BCUT2D eigenvalue weighted by molar-refractivity contribution is 0.596. The predicted molar refractivity (Wildman–Crippen MR) is 79.1 cm³/mol. The van der Waals surface area contributed by atoms with Crippen LogP contribution in [-0.2, 0) is 9.84 Å². The maximum atomic E-state index is 11.1. The molecule has 7 heteroatoms. The third kappa shape index (κ3) is 10.5. The number of halogens is 1. The van der Waals surface area contributed by atoms with Crippen LogP contribution < -0.4 is 11.1 Å². The molecular formula is C9H22IN3O2S. The Labute approximate surface area is 115 Å². The van der Waals surface area contributed by atoms with Gasteiger partial charge < -0.3 is 11.1 Å². The number of sulfone groups is 1. The lowest BCUT2D eigenvalue weighted by Gasteiger charge is -2.06. The van der Waals surface area contributed by atoms with E-state index < -0.39 is 9.84 Å². The van der Waals surface area contributed by atoms with Gasteiger partial charge in [0.05, 0.1) is 5.75 Å². The second-order valence-electron chi connectivity index (χ2n) is 3.78. The number of guanidine groups is 1. The average Bonchev–Trinajstić information content (AvgIpc) is 2.14. The summed E-state index contributed by atoms with van der Waals surface area (Å²) in [5.41, 5.74) is 5.54. The molecule has 0 heterocycles.